The summed E-state index contributed by atoms with van der Waals surface area (Å²) in [5.41, 5.74) is 10.1. The number of azide groups is 1. The second-order valence-corrected chi connectivity index (χ2v) is 3.99. The van der Waals surface area contributed by atoms with Gasteiger partial charge >= 0.3 is 0 Å². The fourth-order valence-corrected chi connectivity index (χ4v) is 1.87. The predicted molar refractivity (Wildman–Crippen MR) is 61.3 cm³/mol. The normalized spacial score (nSPS) is 19.1. The summed E-state index contributed by atoms with van der Waals surface area (Å²) in [6.07, 6.45) is 1.21. The molecule has 82 valence electrons. The number of nitrogens with one attached hydrogen (secondary N) is 1. The van der Waals surface area contributed by atoms with E-state index < -0.39 is 6.04 Å². The van der Waals surface area contributed by atoms with Gasteiger partial charge in [0.05, 0.1) is 0 Å². The van der Waals surface area contributed by atoms with Gasteiger partial charge in [0.1, 0.15) is 6.04 Å². The van der Waals surface area contributed by atoms with E-state index in [0.29, 0.717) is 23.6 Å². The Morgan fingerprint density at radius 3 is 3.12 bits per heavy atom. The number of nitrogens with zero attached hydrogens (tertiary/aromatic N) is 3. The lowest BCUT2D eigenvalue weighted by atomic mass is 10.1. The zero-order valence-corrected chi connectivity index (χ0v) is 9.11. The molecule has 0 aliphatic carbocycles. The maximum atomic E-state index is 11.7. The molecule has 1 aliphatic heterocycles. The van der Waals surface area contributed by atoms with Crippen LogP contribution in [-0.4, -0.2) is 11.9 Å². The van der Waals surface area contributed by atoms with Gasteiger partial charge in [0.15, 0.2) is 0 Å². The number of aryl methyl sites for hydroxylation is 1. The third-order valence-electron chi connectivity index (χ3n) is 2.51. The Hall–Kier alpha value is -1.71. The van der Waals surface area contributed by atoms with E-state index in [9.17, 15) is 4.79 Å². The first-order valence-corrected chi connectivity index (χ1v) is 5.22. The molecule has 1 N–H and O–H groups in total. The number of halogens is 1. The highest BCUT2D eigenvalue weighted by atomic mass is 35.5. The number of fused-ring (bicyclic) bond motifs is 1. The molecule has 1 heterocycles. The maximum Gasteiger partial charge on any atom is 0.233 e. The summed E-state index contributed by atoms with van der Waals surface area (Å²) in [7, 11) is 0. The van der Waals surface area contributed by atoms with Crippen LogP contribution < -0.4 is 5.32 Å². The molecule has 6 heteroatoms. The quantitative estimate of drug-likeness (QED) is 0.454. The number of benzene rings is 1. The van der Waals surface area contributed by atoms with E-state index in [2.05, 4.69) is 15.3 Å². The van der Waals surface area contributed by atoms with Crippen LogP contribution in [0.3, 0.4) is 0 Å². The number of anilines is 1. The highest BCUT2D eigenvalue weighted by molar-refractivity contribution is 6.31. The van der Waals surface area contributed by atoms with E-state index in [1.807, 2.05) is 6.07 Å². The monoisotopic (exact) mass is 236 g/mol. The molecule has 16 heavy (non-hydrogen) atoms. The van der Waals surface area contributed by atoms with Crippen LogP contribution in [0.1, 0.15) is 12.0 Å². The molecule has 1 atom stereocenters. The third-order valence-corrected chi connectivity index (χ3v) is 2.75. The van der Waals surface area contributed by atoms with Crippen molar-refractivity contribution in [2.75, 3.05) is 5.32 Å². The third kappa shape index (κ3) is 2.10. The summed E-state index contributed by atoms with van der Waals surface area (Å²) in [6.45, 7) is 0. The van der Waals surface area contributed by atoms with E-state index in [1.165, 1.54) is 0 Å². The Kier molecular flexibility index (Phi) is 2.99. The van der Waals surface area contributed by atoms with E-state index in [1.54, 1.807) is 12.1 Å². The second-order valence-electron chi connectivity index (χ2n) is 3.55. The molecule has 0 bridgehead atoms. The Balaban J connectivity index is 2.33. The number of carbonyl (C=O) groups excluding carboxylic acids is 1. The van der Waals surface area contributed by atoms with Crippen molar-refractivity contribution in [3.63, 3.8) is 0 Å². The molecule has 1 unspecified atom stereocenters. The fraction of sp³-hybridized carbons (Fsp3) is 0.300. The van der Waals surface area contributed by atoms with Gasteiger partial charge in [-0.2, -0.15) is 0 Å². The largest absolute Gasteiger partial charge is 0.325 e. The van der Waals surface area contributed by atoms with Crippen molar-refractivity contribution in [2.45, 2.75) is 18.9 Å². The van der Waals surface area contributed by atoms with Gasteiger partial charge in [-0.3, -0.25) is 4.79 Å². The van der Waals surface area contributed by atoms with Gasteiger partial charge in [0, 0.05) is 15.6 Å². The molecule has 0 saturated carbocycles. The molecular weight excluding hydrogens is 228 g/mol. The maximum absolute atomic E-state index is 11.7. The van der Waals surface area contributed by atoms with Gasteiger partial charge in [-0.25, -0.2) is 0 Å². The summed E-state index contributed by atoms with van der Waals surface area (Å²) in [6, 6.07) is 4.71. The topological polar surface area (TPSA) is 77.9 Å². The van der Waals surface area contributed by atoms with Crippen molar-refractivity contribution in [3.8, 4) is 0 Å². The Morgan fingerprint density at radius 2 is 2.38 bits per heavy atom. The van der Waals surface area contributed by atoms with Crippen LogP contribution in [-0.2, 0) is 11.2 Å². The van der Waals surface area contributed by atoms with Crippen LogP contribution in [0.5, 0.6) is 0 Å². The van der Waals surface area contributed by atoms with Crippen LogP contribution in [0.2, 0.25) is 5.02 Å². The van der Waals surface area contributed by atoms with E-state index >= 15 is 0 Å². The fourth-order valence-electron chi connectivity index (χ4n) is 1.69. The van der Waals surface area contributed by atoms with E-state index in [0.717, 1.165) is 5.56 Å². The molecule has 0 aromatic heterocycles. The standard InChI is InChI=1S/C10H9ClN4O/c11-7-3-1-6-2-4-8(14-15-12)10(16)13-9(6)5-7/h1,3,5,8H,2,4H2,(H,13,16). The molecule has 1 aliphatic rings. The van der Waals surface area contributed by atoms with Crippen molar-refractivity contribution >= 4 is 23.2 Å². The van der Waals surface area contributed by atoms with Gasteiger partial charge in [-0.1, -0.05) is 22.8 Å². The summed E-state index contributed by atoms with van der Waals surface area (Å²) < 4.78 is 0. The minimum atomic E-state index is -0.642. The lowest BCUT2D eigenvalue weighted by molar-refractivity contribution is -0.117. The summed E-state index contributed by atoms with van der Waals surface area (Å²) in [5, 5.41) is 6.75. The molecule has 0 radical (unpaired) electrons. The number of hydrogen-bond acceptors (Lipinski definition) is 2. The molecule has 0 saturated heterocycles. The van der Waals surface area contributed by atoms with Gasteiger partial charge < -0.3 is 5.32 Å². The van der Waals surface area contributed by atoms with Gasteiger partial charge in [-0.15, -0.1) is 0 Å². The molecule has 0 spiro atoms. The molecule has 1 amide bonds. The number of rotatable bonds is 1. The Morgan fingerprint density at radius 1 is 1.56 bits per heavy atom. The van der Waals surface area contributed by atoms with Crippen LogP contribution in [0.4, 0.5) is 5.69 Å². The molecular formula is C10H9ClN4O. The lowest BCUT2D eigenvalue weighted by Crippen LogP contribution is -2.24. The SMILES string of the molecule is [N-]=[N+]=NC1CCc2ccc(Cl)cc2NC1=O. The first kappa shape index (κ1) is 10.8. The summed E-state index contributed by atoms with van der Waals surface area (Å²) in [4.78, 5) is 14.3. The van der Waals surface area contributed by atoms with Crippen molar-refractivity contribution < 1.29 is 4.79 Å². The first-order chi connectivity index (χ1) is 7.70. The minimum absolute atomic E-state index is 0.279. The van der Waals surface area contributed by atoms with Gasteiger partial charge in [-0.05, 0) is 36.1 Å². The lowest BCUT2D eigenvalue weighted by Gasteiger charge is -2.07. The number of hydrogen-bond donors (Lipinski definition) is 1. The number of amides is 1. The zero-order valence-electron chi connectivity index (χ0n) is 8.35. The smallest absolute Gasteiger partial charge is 0.233 e. The molecule has 2 rings (SSSR count). The Bertz CT molecular complexity index is 482. The first-order valence-electron chi connectivity index (χ1n) is 4.84. The van der Waals surface area contributed by atoms with Crippen molar-refractivity contribution in [1.29, 1.82) is 0 Å². The predicted octanol–water partition coefficient (Wildman–Crippen LogP) is 2.90. The summed E-state index contributed by atoms with van der Waals surface area (Å²) in [5.74, 6) is -0.279. The molecule has 0 fully saturated rings. The highest BCUT2D eigenvalue weighted by Crippen LogP contribution is 2.26. The van der Waals surface area contributed by atoms with Crippen LogP contribution >= 0.6 is 11.6 Å². The van der Waals surface area contributed by atoms with Crippen LogP contribution in [0, 0.1) is 0 Å². The van der Waals surface area contributed by atoms with Gasteiger partial charge in [0.25, 0.3) is 0 Å². The van der Waals surface area contributed by atoms with E-state index in [4.69, 9.17) is 17.1 Å². The van der Waals surface area contributed by atoms with Gasteiger partial charge in [0.2, 0.25) is 5.91 Å². The van der Waals surface area contributed by atoms with Crippen molar-refractivity contribution in [2.24, 2.45) is 5.11 Å². The Labute approximate surface area is 97.0 Å². The van der Waals surface area contributed by atoms with Crippen molar-refractivity contribution in [3.05, 3.63) is 39.2 Å². The number of carbonyl (C=O) groups is 1. The zero-order chi connectivity index (χ0) is 11.5. The van der Waals surface area contributed by atoms with Crippen molar-refractivity contribution in [1.82, 2.24) is 0 Å². The summed E-state index contributed by atoms with van der Waals surface area (Å²) >= 11 is 5.84. The average Bonchev–Trinajstić information content (AvgIpc) is 2.39. The molecule has 1 aromatic rings. The molecule has 5 nitrogen and oxygen atoms in total. The minimum Gasteiger partial charge on any atom is -0.325 e. The van der Waals surface area contributed by atoms with E-state index in [-0.39, 0.29) is 5.91 Å². The van der Waals surface area contributed by atoms with Crippen LogP contribution in [0.25, 0.3) is 10.4 Å². The van der Waals surface area contributed by atoms with Crippen LogP contribution in [0.15, 0.2) is 23.3 Å². The second kappa shape index (κ2) is 4.43. The highest BCUT2D eigenvalue weighted by Gasteiger charge is 2.22. The average molecular weight is 237 g/mol. The molecule has 1 aromatic carbocycles.